The van der Waals surface area contributed by atoms with Crippen LogP contribution in [0.25, 0.3) is 11.0 Å². The van der Waals surface area contributed by atoms with Crippen LogP contribution in [0.4, 0.5) is 32.0 Å². The highest BCUT2D eigenvalue weighted by Crippen LogP contribution is 2.45. The third kappa shape index (κ3) is 4.40. The molecule has 1 N–H and O–H groups in total. The van der Waals surface area contributed by atoms with Gasteiger partial charge in [0.05, 0.1) is 34.5 Å². The fraction of sp³-hybridized carbons (Fsp3) is 0.304. The van der Waals surface area contributed by atoms with E-state index in [1.807, 2.05) is 0 Å². The molecule has 1 amide bonds. The molecule has 2 unspecified atom stereocenters. The number of anilines is 1. The van der Waals surface area contributed by atoms with E-state index in [4.69, 9.17) is 0 Å². The van der Waals surface area contributed by atoms with Gasteiger partial charge in [0.25, 0.3) is 5.91 Å². The topological polar surface area (TPSA) is 83.1 Å². The Labute approximate surface area is 193 Å². The second-order valence-electron chi connectivity index (χ2n) is 8.12. The molecule has 2 atom stereocenters. The van der Waals surface area contributed by atoms with Crippen LogP contribution in [0.2, 0.25) is 0 Å². The zero-order valence-corrected chi connectivity index (χ0v) is 18.0. The van der Waals surface area contributed by atoms with Gasteiger partial charge in [0.2, 0.25) is 5.78 Å². The van der Waals surface area contributed by atoms with Gasteiger partial charge in [-0.2, -0.15) is 26.3 Å². The Morgan fingerprint density at radius 2 is 1.63 bits per heavy atom. The van der Waals surface area contributed by atoms with Crippen LogP contribution in [0, 0.1) is 5.92 Å². The van der Waals surface area contributed by atoms with Crippen molar-refractivity contribution in [3.63, 3.8) is 0 Å². The maximum absolute atomic E-state index is 13.5. The molecule has 1 aliphatic heterocycles. The first kappa shape index (κ1) is 24.4. The summed E-state index contributed by atoms with van der Waals surface area (Å²) >= 11 is 0. The van der Waals surface area contributed by atoms with E-state index in [1.54, 1.807) is 6.92 Å². The van der Waals surface area contributed by atoms with Crippen LogP contribution in [-0.4, -0.2) is 27.4 Å². The molecule has 2 aromatic carbocycles. The highest BCUT2D eigenvalue weighted by Gasteiger charge is 2.52. The molecule has 2 heterocycles. The zero-order chi connectivity index (χ0) is 25.7. The number of carbonyl (C=O) groups excluding carboxylic acids is 3. The Bertz CT molecular complexity index is 1300. The van der Waals surface area contributed by atoms with Crippen molar-refractivity contribution in [2.45, 2.75) is 38.2 Å². The molecule has 3 aromatic rings. The number of hydrogen-bond acceptors (Lipinski definition) is 4. The number of aromatic nitrogens is 2. The van der Waals surface area contributed by atoms with Crippen LogP contribution in [-0.2, 0) is 26.7 Å². The molecule has 184 valence electrons. The first-order valence-electron chi connectivity index (χ1n) is 10.5. The molecule has 12 heteroatoms. The molecule has 4 rings (SSSR count). The van der Waals surface area contributed by atoms with Crippen molar-refractivity contribution in [1.82, 2.24) is 9.97 Å². The number of aromatic amines is 1. The highest BCUT2D eigenvalue weighted by atomic mass is 19.4. The predicted molar refractivity (Wildman–Crippen MR) is 111 cm³/mol. The number of halogens is 6. The second-order valence-corrected chi connectivity index (χ2v) is 8.12. The number of hydrogen-bond donors (Lipinski definition) is 1. The summed E-state index contributed by atoms with van der Waals surface area (Å²) in [6, 6.07) is 3.34. The lowest BCUT2D eigenvalue weighted by Crippen LogP contribution is -2.31. The van der Waals surface area contributed by atoms with Gasteiger partial charge in [-0.05, 0) is 48.4 Å². The summed E-state index contributed by atoms with van der Waals surface area (Å²) in [7, 11) is 0. The van der Waals surface area contributed by atoms with Gasteiger partial charge in [-0.15, -0.1) is 0 Å². The molecule has 1 saturated heterocycles. The number of nitrogens with zero attached hydrogens (tertiary/aromatic N) is 2. The summed E-state index contributed by atoms with van der Waals surface area (Å²) in [5.41, 5.74) is -2.95. The number of imidazole rings is 1. The van der Waals surface area contributed by atoms with Gasteiger partial charge in [-0.1, -0.05) is 6.92 Å². The zero-order valence-electron chi connectivity index (χ0n) is 18.0. The highest BCUT2D eigenvalue weighted by molar-refractivity contribution is 6.48. The molecule has 6 nitrogen and oxygen atoms in total. The van der Waals surface area contributed by atoms with E-state index in [0.717, 1.165) is 4.90 Å². The number of H-pyrrole nitrogens is 1. The molecule has 1 aliphatic rings. The van der Waals surface area contributed by atoms with Crippen LogP contribution >= 0.6 is 0 Å². The third-order valence-electron chi connectivity index (χ3n) is 5.78. The van der Waals surface area contributed by atoms with Crippen LogP contribution in [0.1, 0.15) is 42.5 Å². The standard InChI is InChI=1S/C23H17F6N3O3/c1-2-3-17(33)18-19(11-6-12(22(24,25)26)8-13(7-11)23(27,28)29)32(21(35)20(18)34)14-4-5-15-16(9-14)31-10-30-15/h4-10,18-19H,2-3H2,1H3,(H,30,31). The van der Waals surface area contributed by atoms with E-state index in [-0.39, 0.29) is 24.6 Å². The lowest BCUT2D eigenvalue weighted by atomic mass is 9.86. The van der Waals surface area contributed by atoms with Crippen LogP contribution in [0.5, 0.6) is 0 Å². The summed E-state index contributed by atoms with van der Waals surface area (Å²) in [4.78, 5) is 46.3. The van der Waals surface area contributed by atoms with Crippen molar-refractivity contribution in [3.05, 3.63) is 59.4 Å². The SMILES string of the molecule is CCCC(=O)C1C(=O)C(=O)N(c2ccc3nc[nH]c3c2)C1c1cc(C(F)(F)F)cc(C(F)(F)F)c1. The lowest BCUT2D eigenvalue weighted by Gasteiger charge is -2.28. The van der Waals surface area contributed by atoms with Gasteiger partial charge < -0.3 is 4.98 Å². The Kier molecular flexibility index (Phi) is 5.94. The maximum Gasteiger partial charge on any atom is 0.416 e. The number of fused-ring (bicyclic) bond motifs is 1. The fourth-order valence-corrected chi connectivity index (χ4v) is 4.24. The summed E-state index contributed by atoms with van der Waals surface area (Å²) in [6.07, 6.45) is -8.87. The number of alkyl halides is 6. The number of amides is 1. The maximum atomic E-state index is 13.5. The number of rotatable bonds is 5. The average Bonchev–Trinajstić information content (AvgIpc) is 3.34. The lowest BCUT2D eigenvalue weighted by molar-refractivity contribution is -0.143. The first-order chi connectivity index (χ1) is 16.3. The number of Topliss-reactive ketones (excluding diaryl/α,β-unsaturated/α-hetero) is 2. The van der Waals surface area contributed by atoms with Crippen molar-refractivity contribution in [2.24, 2.45) is 5.92 Å². The largest absolute Gasteiger partial charge is 0.416 e. The number of benzene rings is 2. The molecule has 0 saturated carbocycles. The van der Waals surface area contributed by atoms with Gasteiger partial charge in [0.15, 0.2) is 0 Å². The Hall–Kier alpha value is -3.70. The number of nitrogens with one attached hydrogen (secondary N) is 1. The Balaban J connectivity index is 1.97. The van der Waals surface area contributed by atoms with Gasteiger partial charge >= 0.3 is 12.4 Å². The molecular formula is C23H17F6N3O3. The van der Waals surface area contributed by atoms with Crippen molar-refractivity contribution in [3.8, 4) is 0 Å². The van der Waals surface area contributed by atoms with E-state index in [2.05, 4.69) is 9.97 Å². The van der Waals surface area contributed by atoms with Crippen LogP contribution < -0.4 is 4.90 Å². The van der Waals surface area contributed by atoms with Crippen molar-refractivity contribution >= 4 is 34.2 Å². The van der Waals surface area contributed by atoms with Crippen LogP contribution in [0.15, 0.2) is 42.7 Å². The second kappa shape index (κ2) is 8.51. The van der Waals surface area contributed by atoms with Crippen molar-refractivity contribution in [2.75, 3.05) is 4.90 Å². The fourth-order valence-electron chi connectivity index (χ4n) is 4.24. The van der Waals surface area contributed by atoms with E-state index in [0.29, 0.717) is 23.2 Å². The predicted octanol–water partition coefficient (Wildman–Crippen LogP) is 5.24. The van der Waals surface area contributed by atoms with Gasteiger partial charge in [0.1, 0.15) is 11.7 Å². The van der Waals surface area contributed by atoms with Crippen LogP contribution in [0.3, 0.4) is 0 Å². The van der Waals surface area contributed by atoms with Gasteiger partial charge in [-0.25, -0.2) is 4.98 Å². The third-order valence-corrected chi connectivity index (χ3v) is 5.78. The smallest absolute Gasteiger partial charge is 0.345 e. The minimum absolute atomic E-state index is 0.0165. The van der Waals surface area contributed by atoms with E-state index >= 15 is 0 Å². The molecule has 35 heavy (non-hydrogen) atoms. The molecular weight excluding hydrogens is 480 g/mol. The molecule has 0 bridgehead atoms. The Morgan fingerprint density at radius 1 is 1.00 bits per heavy atom. The quantitative estimate of drug-likeness (QED) is 0.297. The van der Waals surface area contributed by atoms with E-state index in [9.17, 15) is 40.7 Å². The average molecular weight is 497 g/mol. The van der Waals surface area contributed by atoms with Gasteiger partial charge in [-0.3, -0.25) is 19.3 Å². The molecule has 0 radical (unpaired) electrons. The number of ketones is 2. The summed E-state index contributed by atoms with van der Waals surface area (Å²) in [5.74, 6) is -4.89. The van der Waals surface area contributed by atoms with E-state index in [1.165, 1.54) is 24.5 Å². The van der Waals surface area contributed by atoms with Crippen molar-refractivity contribution < 1.29 is 40.7 Å². The number of carbonyl (C=O) groups is 3. The normalized spacial score (nSPS) is 19.1. The molecule has 1 aromatic heterocycles. The minimum Gasteiger partial charge on any atom is -0.345 e. The molecule has 0 spiro atoms. The summed E-state index contributed by atoms with van der Waals surface area (Å²) in [5, 5.41) is 0. The van der Waals surface area contributed by atoms with Gasteiger partial charge in [0, 0.05) is 12.1 Å². The monoisotopic (exact) mass is 497 g/mol. The minimum atomic E-state index is -5.15. The van der Waals surface area contributed by atoms with E-state index < -0.39 is 58.5 Å². The molecule has 0 aliphatic carbocycles. The van der Waals surface area contributed by atoms with Crippen molar-refractivity contribution in [1.29, 1.82) is 0 Å². The molecule has 1 fully saturated rings. The summed E-state index contributed by atoms with van der Waals surface area (Å²) < 4.78 is 81.1. The summed E-state index contributed by atoms with van der Waals surface area (Å²) in [6.45, 7) is 1.62. The first-order valence-corrected chi connectivity index (χ1v) is 10.5. The Morgan fingerprint density at radius 3 is 2.20 bits per heavy atom.